The van der Waals surface area contributed by atoms with Crippen LogP contribution in [0.1, 0.15) is 34.3 Å². The second-order valence-corrected chi connectivity index (χ2v) is 9.87. The number of carbonyl (C=O) groups is 1. The molecule has 1 saturated heterocycles. The van der Waals surface area contributed by atoms with Gasteiger partial charge in [0.05, 0.1) is 23.5 Å². The third kappa shape index (κ3) is 4.77. The molecule has 9 heteroatoms. The van der Waals surface area contributed by atoms with E-state index in [1.807, 2.05) is 50.0 Å². The van der Waals surface area contributed by atoms with Crippen LogP contribution in [0.25, 0.3) is 27.8 Å². The van der Waals surface area contributed by atoms with Crippen molar-refractivity contribution in [3.63, 3.8) is 0 Å². The number of rotatable bonds is 5. The van der Waals surface area contributed by atoms with Gasteiger partial charge in [0.25, 0.3) is 5.91 Å². The van der Waals surface area contributed by atoms with Gasteiger partial charge in [-0.2, -0.15) is 15.5 Å². The Morgan fingerprint density at radius 3 is 2.58 bits per heavy atom. The van der Waals surface area contributed by atoms with E-state index >= 15 is 0 Å². The third-order valence-electron chi connectivity index (χ3n) is 7.27. The Hall–Kier alpha value is -5.41. The van der Waals surface area contributed by atoms with E-state index < -0.39 is 0 Å². The van der Waals surface area contributed by atoms with Crippen molar-refractivity contribution in [2.24, 2.45) is 7.05 Å². The van der Waals surface area contributed by atoms with E-state index in [2.05, 4.69) is 38.5 Å². The van der Waals surface area contributed by atoms with E-state index in [4.69, 9.17) is 11.4 Å². The van der Waals surface area contributed by atoms with Gasteiger partial charge in [0.2, 0.25) is 0 Å². The lowest BCUT2D eigenvalue weighted by atomic mass is 10.0. The van der Waals surface area contributed by atoms with Crippen molar-refractivity contribution < 1.29 is 4.79 Å². The molecule has 0 radical (unpaired) electrons. The van der Waals surface area contributed by atoms with Crippen molar-refractivity contribution in [2.75, 3.05) is 18.0 Å². The highest BCUT2D eigenvalue weighted by Crippen LogP contribution is 2.32. The molecule has 1 fully saturated rings. The fourth-order valence-corrected chi connectivity index (χ4v) is 5.16. The van der Waals surface area contributed by atoms with Crippen molar-refractivity contribution in [2.45, 2.75) is 18.9 Å². The van der Waals surface area contributed by atoms with Gasteiger partial charge >= 0.3 is 0 Å². The van der Waals surface area contributed by atoms with Crippen LogP contribution in [0.3, 0.4) is 0 Å². The number of terminal acetylenes is 1. The molecule has 9 nitrogen and oxygen atoms in total. The first-order valence-corrected chi connectivity index (χ1v) is 13.0. The molecule has 0 bridgehead atoms. The molecule has 0 atom stereocenters. The Morgan fingerprint density at radius 2 is 1.88 bits per heavy atom. The van der Waals surface area contributed by atoms with E-state index in [0.717, 1.165) is 59.5 Å². The molecule has 4 aromatic heterocycles. The average molecular weight is 527 g/mol. The molecule has 0 aliphatic carbocycles. The third-order valence-corrected chi connectivity index (χ3v) is 7.27. The number of fused-ring (bicyclic) bond motifs is 1. The molecule has 1 aliphatic heterocycles. The number of aromatic nitrogens is 5. The smallest absolute Gasteiger partial charge is 0.251 e. The number of amides is 1. The van der Waals surface area contributed by atoms with Crippen molar-refractivity contribution >= 4 is 17.2 Å². The number of benzene rings is 1. The maximum Gasteiger partial charge on any atom is 0.251 e. The molecule has 1 amide bonds. The van der Waals surface area contributed by atoms with Crippen LogP contribution in [0.2, 0.25) is 0 Å². The first-order chi connectivity index (χ1) is 19.5. The number of piperidine rings is 1. The van der Waals surface area contributed by atoms with E-state index in [1.165, 1.54) is 0 Å². The summed E-state index contributed by atoms with van der Waals surface area (Å²) in [5.74, 6) is 3.35. The fourth-order valence-electron chi connectivity index (χ4n) is 5.16. The predicted molar refractivity (Wildman–Crippen MR) is 152 cm³/mol. The van der Waals surface area contributed by atoms with Crippen molar-refractivity contribution in [3.8, 4) is 40.7 Å². The molecular weight excluding hydrogens is 500 g/mol. The van der Waals surface area contributed by atoms with Gasteiger partial charge in [0.15, 0.2) is 0 Å². The van der Waals surface area contributed by atoms with E-state index in [0.29, 0.717) is 16.7 Å². The van der Waals surface area contributed by atoms with Gasteiger partial charge in [-0.3, -0.25) is 9.48 Å². The molecule has 0 saturated carbocycles. The average Bonchev–Trinajstić information content (AvgIpc) is 3.63. The normalized spacial score (nSPS) is 13.6. The molecule has 1 aliphatic rings. The number of carbonyl (C=O) groups excluding carboxylic acids is 1. The van der Waals surface area contributed by atoms with Crippen LogP contribution in [-0.2, 0) is 7.05 Å². The summed E-state index contributed by atoms with van der Waals surface area (Å²) in [6, 6.07) is 15.6. The van der Waals surface area contributed by atoms with Crippen LogP contribution in [0, 0.1) is 23.7 Å². The minimum Gasteiger partial charge on any atom is -0.356 e. The summed E-state index contributed by atoms with van der Waals surface area (Å²) < 4.78 is 3.50. The Balaban J connectivity index is 1.18. The van der Waals surface area contributed by atoms with E-state index in [9.17, 15) is 10.1 Å². The predicted octanol–water partition coefficient (Wildman–Crippen LogP) is 4.05. The molecular formula is C31H26N8O. The van der Waals surface area contributed by atoms with Gasteiger partial charge in [-0.1, -0.05) is 12.0 Å². The van der Waals surface area contributed by atoms with Crippen molar-refractivity contribution in [1.29, 1.82) is 5.26 Å². The van der Waals surface area contributed by atoms with Crippen LogP contribution in [0.4, 0.5) is 5.82 Å². The van der Waals surface area contributed by atoms with E-state index in [1.54, 1.807) is 33.6 Å². The Kier molecular flexibility index (Phi) is 6.47. The summed E-state index contributed by atoms with van der Waals surface area (Å²) >= 11 is 0. The molecule has 1 N–H and O–H groups in total. The number of aryl methyl sites for hydroxylation is 1. The van der Waals surface area contributed by atoms with Crippen molar-refractivity contribution in [3.05, 3.63) is 90.1 Å². The maximum absolute atomic E-state index is 12.7. The Labute approximate surface area is 231 Å². The summed E-state index contributed by atoms with van der Waals surface area (Å²) in [6.07, 6.45) is 16.2. The van der Waals surface area contributed by atoms with Crippen molar-refractivity contribution in [1.82, 2.24) is 29.7 Å². The zero-order valence-corrected chi connectivity index (χ0v) is 22.0. The fraction of sp³-hybridized carbons (Fsp3) is 0.194. The van der Waals surface area contributed by atoms with Crippen LogP contribution in [-0.4, -0.2) is 49.4 Å². The molecule has 5 heterocycles. The zero-order valence-electron chi connectivity index (χ0n) is 22.0. The molecule has 40 heavy (non-hydrogen) atoms. The summed E-state index contributed by atoms with van der Waals surface area (Å²) in [4.78, 5) is 19.7. The topological polar surface area (TPSA) is 104 Å². The second-order valence-electron chi connectivity index (χ2n) is 9.87. The lowest BCUT2D eigenvalue weighted by molar-refractivity contribution is 0.0931. The first-order valence-electron chi connectivity index (χ1n) is 13.0. The summed E-state index contributed by atoms with van der Waals surface area (Å²) in [6.45, 7) is 1.56. The second kappa shape index (κ2) is 10.4. The van der Waals surface area contributed by atoms with E-state index in [-0.39, 0.29) is 11.9 Å². The lowest BCUT2D eigenvalue weighted by Crippen LogP contribution is -2.45. The summed E-state index contributed by atoms with van der Waals surface area (Å²) in [7, 11) is 1.88. The van der Waals surface area contributed by atoms with Gasteiger partial charge in [0, 0.05) is 78.2 Å². The standard InChI is InChI=1S/C31H26N8O/c1-3-21-5-4-6-22(13-21)31(40)36-27-9-11-38(12-10-27)29-8-7-23(16-33-29)28-14-24(26-18-34-37(2)19-26)20-39-30(28)25(15-32)17-35-39/h1,4-8,13-14,16-20,27H,9-12H2,2H3,(H,36,40). The van der Waals surface area contributed by atoms with Gasteiger partial charge in [0.1, 0.15) is 11.9 Å². The number of nitrogens with one attached hydrogen (secondary N) is 1. The number of nitriles is 1. The minimum absolute atomic E-state index is 0.0901. The van der Waals surface area contributed by atoms with Gasteiger partial charge in [-0.15, -0.1) is 6.42 Å². The Bertz CT molecular complexity index is 1790. The SMILES string of the molecule is C#Cc1cccc(C(=O)NC2CCN(c3ccc(-c4cc(-c5cnn(C)c5)cn5ncc(C#N)c45)cn3)CC2)c1. The minimum atomic E-state index is -0.102. The molecule has 6 rings (SSSR count). The zero-order chi connectivity index (χ0) is 27.6. The number of pyridine rings is 2. The lowest BCUT2D eigenvalue weighted by Gasteiger charge is -2.33. The van der Waals surface area contributed by atoms with Gasteiger partial charge in [-0.05, 0) is 49.2 Å². The molecule has 196 valence electrons. The molecule has 0 spiro atoms. The van der Waals surface area contributed by atoms with Crippen LogP contribution < -0.4 is 10.2 Å². The Morgan fingerprint density at radius 1 is 1.02 bits per heavy atom. The monoisotopic (exact) mass is 526 g/mol. The maximum atomic E-state index is 12.7. The molecule has 0 unspecified atom stereocenters. The quantitative estimate of drug-likeness (QED) is 0.347. The number of hydrogen-bond acceptors (Lipinski definition) is 6. The first kappa shape index (κ1) is 24.9. The number of nitrogens with zero attached hydrogens (tertiary/aromatic N) is 7. The number of hydrogen-bond donors (Lipinski definition) is 1. The highest BCUT2D eigenvalue weighted by molar-refractivity contribution is 5.94. The van der Waals surface area contributed by atoms with Crippen LogP contribution in [0.15, 0.2) is 73.4 Å². The van der Waals surface area contributed by atoms with Gasteiger partial charge in [-0.25, -0.2) is 9.50 Å². The number of anilines is 1. The van der Waals surface area contributed by atoms with Crippen LogP contribution >= 0.6 is 0 Å². The molecule has 5 aromatic rings. The van der Waals surface area contributed by atoms with Crippen LogP contribution in [0.5, 0.6) is 0 Å². The molecule has 1 aromatic carbocycles. The summed E-state index contributed by atoms with van der Waals surface area (Å²) in [5.41, 5.74) is 6.21. The largest absolute Gasteiger partial charge is 0.356 e. The highest BCUT2D eigenvalue weighted by Gasteiger charge is 2.22. The van der Waals surface area contributed by atoms with Gasteiger partial charge < -0.3 is 10.2 Å². The summed E-state index contributed by atoms with van der Waals surface area (Å²) in [5, 5.41) is 21.5. The highest BCUT2D eigenvalue weighted by atomic mass is 16.1.